The van der Waals surface area contributed by atoms with Crippen molar-refractivity contribution < 1.29 is 28.7 Å². The predicted octanol–water partition coefficient (Wildman–Crippen LogP) is 5.67. The number of benzene rings is 2. The fraction of sp³-hybridized carbons (Fsp3) is 0.429. The van der Waals surface area contributed by atoms with Gasteiger partial charge in [-0.25, -0.2) is 9.59 Å². The Labute approximate surface area is 250 Å². The van der Waals surface area contributed by atoms with Crippen LogP contribution in [-0.4, -0.2) is 47.3 Å². The molecule has 216 valence electrons. The summed E-state index contributed by atoms with van der Waals surface area (Å²) in [6, 6.07) is 10.0. The Hall–Kier alpha value is -3.12. The number of ether oxygens (including phenoxy) is 2. The number of fused-ring (bicyclic) bond motifs is 2. The molecule has 2 aliphatic heterocycles. The van der Waals surface area contributed by atoms with Gasteiger partial charge in [0.25, 0.3) is 0 Å². The molecule has 0 saturated heterocycles. The molecule has 0 spiro atoms. The molecule has 10 nitrogen and oxygen atoms in total. The van der Waals surface area contributed by atoms with Crippen molar-refractivity contribution in [1.82, 2.24) is 10.6 Å². The Balaban J connectivity index is 0.000000220. The fourth-order valence-corrected chi connectivity index (χ4v) is 4.72. The lowest BCUT2D eigenvalue weighted by molar-refractivity contribution is -0.119. The zero-order valence-electron chi connectivity index (χ0n) is 23.2. The summed E-state index contributed by atoms with van der Waals surface area (Å²) >= 11 is 6.78. The van der Waals surface area contributed by atoms with Gasteiger partial charge in [0.1, 0.15) is 23.3 Å². The standard InChI is InChI=1S/2C14H17BrN2O3/c2*1-14(2,3)20-13(19)17-11-7-8-6-9(15)4-5-10(8)16-12(11)18/h2*4-6,11H,7H2,1-3H3,(H,16,18)(H,17,19)/t2*11-/m10/s1. The molecule has 2 aliphatic rings. The van der Waals surface area contributed by atoms with E-state index in [0.717, 1.165) is 31.4 Å². The summed E-state index contributed by atoms with van der Waals surface area (Å²) in [7, 11) is 0. The average Bonchev–Trinajstić information content (AvgIpc) is 2.78. The second-order valence-corrected chi connectivity index (χ2v) is 13.2. The highest BCUT2D eigenvalue weighted by Gasteiger charge is 2.30. The summed E-state index contributed by atoms with van der Waals surface area (Å²) in [5, 5.41) is 10.7. The van der Waals surface area contributed by atoms with Gasteiger partial charge in [-0.1, -0.05) is 31.9 Å². The zero-order valence-corrected chi connectivity index (χ0v) is 26.4. The normalized spacial score (nSPS) is 18.0. The number of alkyl carbamates (subject to hydrolysis) is 2. The van der Waals surface area contributed by atoms with E-state index in [9.17, 15) is 19.2 Å². The maximum Gasteiger partial charge on any atom is 0.408 e. The van der Waals surface area contributed by atoms with Gasteiger partial charge in [0.15, 0.2) is 0 Å². The molecule has 2 aromatic rings. The van der Waals surface area contributed by atoms with E-state index in [4.69, 9.17) is 9.47 Å². The Bertz CT molecular complexity index is 1200. The number of hydrogen-bond acceptors (Lipinski definition) is 6. The van der Waals surface area contributed by atoms with Crippen LogP contribution in [0.4, 0.5) is 21.0 Å². The summed E-state index contributed by atoms with van der Waals surface area (Å²) in [6.07, 6.45) is -0.285. The second-order valence-electron chi connectivity index (χ2n) is 11.4. The van der Waals surface area contributed by atoms with Gasteiger partial charge >= 0.3 is 12.2 Å². The van der Waals surface area contributed by atoms with E-state index in [1.54, 1.807) is 41.5 Å². The molecule has 4 rings (SSSR count). The second kappa shape index (κ2) is 12.6. The first kappa shape index (κ1) is 31.4. The van der Waals surface area contributed by atoms with Crippen LogP contribution in [0.15, 0.2) is 45.3 Å². The van der Waals surface area contributed by atoms with Gasteiger partial charge < -0.3 is 30.7 Å². The van der Waals surface area contributed by atoms with Crippen LogP contribution in [-0.2, 0) is 31.9 Å². The molecule has 0 saturated carbocycles. The fourth-order valence-electron chi connectivity index (χ4n) is 3.90. The molecule has 0 radical (unpaired) electrons. The molecule has 2 heterocycles. The maximum absolute atomic E-state index is 11.9. The van der Waals surface area contributed by atoms with E-state index in [-0.39, 0.29) is 11.8 Å². The summed E-state index contributed by atoms with van der Waals surface area (Å²) in [4.78, 5) is 47.4. The lowest BCUT2D eigenvalue weighted by Crippen LogP contribution is -2.49. The van der Waals surface area contributed by atoms with Gasteiger partial charge in [0.2, 0.25) is 11.8 Å². The van der Waals surface area contributed by atoms with Crippen molar-refractivity contribution >= 4 is 67.2 Å². The largest absolute Gasteiger partial charge is 0.444 e. The molecule has 2 aromatic carbocycles. The average molecular weight is 682 g/mol. The highest BCUT2D eigenvalue weighted by Crippen LogP contribution is 2.27. The zero-order chi connectivity index (χ0) is 29.8. The van der Waals surface area contributed by atoms with Crippen molar-refractivity contribution in [3.63, 3.8) is 0 Å². The van der Waals surface area contributed by atoms with E-state index in [0.29, 0.717) is 12.8 Å². The summed E-state index contributed by atoms with van der Waals surface area (Å²) in [5.41, 5.74) is 2.33. The van der Waals surface area contributed by atoms with Crippen LogP contribution in [0.2, 0.25) is 0 Å². The third-order valence-corrected chi connectivity index (χ3v) is 6.50. The van der Waals surface area contributed by atoms with E-state index >= 15 is 0 Å². The number of carbonyl (C=O) groups is 4. The SMILES string of the molecule is CC(C)(C)OC(=O)N[C@@H]1Cc2cc(Br)ccc2NC1=O.CC(C)(C)OC(=O)N[C@H]1Cc2cc(Br)ccc2NC1=O. The molecule has 0 unspecified atom stereocenters. The van der Waals surface area contributed by atoms with Crippen LogP contribution in [0.25, 0.3) is 0 Å². The topological polar surface area (TPSA) is 135 Å². The van der Waals surface area contributed by atoms with Gasteiger partial charge in [-0.05, 0) is 89.1 Å². The number of rotatable bonds is 2. The molecule has 0 aliphatic carbocycles. The molecule has 2 atom stereocenters. The maximum atomic E-state index is 11.9. The summed E-state index contributed by atoms with van der Waals surface area (Å²) in [5.74, 6) is -0.462. The van der Waals surface area contributed by atoms with Crippen LogP contribution in [0.1, 0.15) is 52.7 Å². The minimum atomic E-state index is -0.619. The quantitative estimate of drug-likeness (QED) is 0.323. The lowest BCUT2D eigenvalue weighted by Gasteiger charge is -2.27. The summed E-state index contributed by atoms with van der Waals surface area (Å²) < 4.78 is 12.2. The van der Waals surface area contributed by atoms with Crippen molar-refractivity contribution in [2.24, 2.45) is 0 Å². The Kier molecular flexibility index (Phi) is 9.89. The molecular weight excluding hydrogens is 648 g/mol. The third-order valence-electron chi connectivity index (χ3n) is 5.51. The van der Waals surface area contributed by atoms with Gasteiger partial charge in [0.05, 0.1) is 0 Å². The van der Waals surface area contributed by atoms with Crippen molar-refractivity contribution in [2.45, 2.75) is 77.7 Å². The molecular formula is C28H34Br2N4O6. The minimum absolute atomic E-state index is 0.231. The molecule has 4 amide bonds. The first-order valence-electron chi connectivity index (χ1n) is 12.7. The Morgan fingerprint density at radius 1 is 0.725 bits per heavy atom. The first-order chi connectivity index (χ1) is 18.5. The Morgan fingerprint density at radius 3 is 1.40 bits per heavy atom. The molecule has 0 aromatic heterocycles. The Morgan fingerprint density at radius 2 is 1.07 bits per heavy atom. The number of anilines is 2. The lowest BCUT2D eigenvalue weighted by atomic mass is 9.99. The van der Waals surface area contributed by atoms with E-state index in [1.807, 2.05) is 36.4 Å². The molecule has 4 N–H and O–H groups in total. The molecule has 0 fully saturated rings. The van der Waals surface area contributed by atoms with Crippen molar-refractivity contribution in [1.29, 1.82) is 0 Å². The highest BCUT2D eigenvalue weighted by molar-refractivity contribution is 9.10. The number of hydrogen-bond donors (Lipinski definition) is 4. The van der Waals surface area contributed by atoms with Crippen LogP contribution in [0, 0.1) is 0 Å². The van der Waals surface area contributed by atoms with Crippen LogP contribution < -0.4 is 21.3 Å². The van der Waals surface area contributed by atoms with Crippen molar-refractivity contribution in [2.75, 3.05) is 10.6 Å². The molecule has 40 heavy (non-hydrogen) atoms. The first-order valence-corrected chi connectivity index (χ1v) is 14.3. The van der Waals surface area contributed by atoms with Gasteiger partial charge in [-0.3, -0.25) is 9.59 Å². The van der Waals surface area contributed by atoms with Gasteiger partial charge in [-0.15, -0.1) is 0 Å². The van der Waals surface area contributed by atoms with Crippen molar-refractivity contribution in [3.8, 4) is 0 Å². The number of halogens is 2. The van der Waals surface area contributed by atoms with Gasteiger partial charge in [-0.2, -0.15) is 0 Å². The predicted molar refractivity (Wildman–Crippen MR) is 159 cm³/mol. The highest BCUT2D eigenvalue weighted by atomic mass is 79.9. The van der Waals surface area contributed by atoms with Crippen LogP contribution >= 0.6 is 31.9 Å². The molecule has 0 bridgehead atoms. The molecule has 12 heteroatoms. The summed E-state index contributed by atoms with van der Waals surface area (Å²) in [6.45, 7) is 10.7. The third kappa shape index (κ3) is 9.51. The van der Waals surface area contributed by atoms with Crippen molar-refractivity contribution in [3.05, 3.63) is 56.5 Å². The monoisotopic (exact) mass is 680 g/mol. The van der Waals surface area contributed by atoms with Crippen LogP contribution in [0.5, 0.6) is 0 Å². The van der Waals surface area contributed by atoms with E-state index in [1.165, 1.54) is 0 Å². The van der Waals surface area contributed by atoms with Gasteiger partial charge in [0, 0.05) is 33.2 Å². The van der Waals surface area contributed by atoms with Crippen LogP contribution in [0.3, 0.4) is 0 Å². The smallest absolute Gasteiger partial charge is 0.408 e. The minimum Gasteiger partial charge on any atom is -0.444 e. The number of nitrogens with one attached hydrogen (secondary N) is 4. The van der Waals surface area contributed by atoms with E-state index < -0.39 is 35.5 Å². The number of amides is 4. The van der Waals surface area contributed by atoms with E-state index in [2.05, 4.69) is 53.1 Å². The number of carbonyl (C=O) groups excluding carboxylic acids is 4.